The molecule has 0 bridgehead atoms. The molecule has 6 nitrogen and oxygen atoms in total. The van der Waals surface area contributed by atoms with Gasteiger partial charge < -0.3 is 0 Å². The lowest BCUT2D eigenvalue weighted by molar-refractivity contribution is -0.385. The second kappa shape index (κ2) is 5.01. The predicted octanol–water partition coefficient (Wildman–Crippen LogP) is 0.670. The Morgan fingerprint density at radius 1 is 1.40 bits per heavy atom. The number of rotatable bonds is 2. The van der Waals surface area contributed by atoms with E-state index in [0.29, 0.717) is 21.4 Å². The van der Waals surface area contributed by atoms with E-state index in [4.69, 9.17) is 0 Å². The van der Waals surface area contributed by atoms with Gasteiger partial charge in [-0.3, -0.25) is 24.5 Å². The van der Waals surface area contributed by atoms with Gasteiger partial charge in [-0.2, -0.15) is 0 Å². The lowest BCUT2D eigenvalue weighted by Gasteiger charge is -2.03. The van der Waals surface area contributed by atoms with E-state index in [1.807, 2.05) is 0 Å². The Hall–Kier alpha value is -2.28. The van der Waals surface area contributed by atoms with Gasteiger partial charge in [-0.25, -0.2) is 0 Å². The molecular weight excluding hydrogens is 278 g/mol. The Morgan fingerprint density at radius 2 is 2.20 bits per heavy atom. The van der Waals surface area contributed by atoms with Crippen molar-refractivity contribution in [3.05, 3.63) is 59.6 Å². The van der Waals surface area contributed by atoms with Crippen LogP contribution in [-0.2, 0) is 6.54 Å². The number of para-hydroxylation sites is 1. The molecule has 0 saturated heterocycles. The summed E-state index contributed by atoms with van der Waals surface area (Å²) >= 11 is 1.28. The average molecular weight is 289 g/mol. The molecule has 0 radical (unpaired) electrons. The molecule has 0 amide bonds. The molecule has 0 atom stereocenters. The van der Waals surface area contributed by atoms with Crippen LogP contribution in [0.25, 0.3) is 6.08 Å². The van der Waals surface area contributed by atoms with Gasteiger partial charge >= 0.3 is 0 Å². The number of nitrogens with zero attached hydrogens (tertiary/aromatic N) is 3. The molecule has 7 heteroatoms. The zero-order valence-electron chi connectivity index (χ0n) is 10.5. The van der Waals surface area contributed by atoms with Gasteiger partial charge in [0.25, 0.3) is 11.2 Å². The van der Waals surface area contributed by atoms with Gasteiger partial charge in [0.15, 0.2) is 4.80 Å². The van der Waals surface area contributed by atoms with Gasteiger partial charge in [0, 0.05) is 19.2 Å². The molecule has 0 spiro atoms. The summed E-state index contributed by atoms with van der Waals surface area (Å²) in [4.78, 5) is 27.7. The summed E-state index contributed by atoms with van der Waals surface area (Å²) in [5, 5.41) is 11.0. The summed E-state index contributed by atoms with van der Waals surface area (Å²) in [6.45, 7) is 1.39. The number of nitro benzene ring substituents is 1. The zero-order chi connectivity index (χ0) is 14.1. The van der Waals surface area contributed by atoms with E-state index in [0.717, 1.165) is 13.0 Å². The molecule has 0 unspecified atom stereocenters. The first-order chi connectivity index (χ1) is 9.66. The monoisotopic (exact) mass is 289 g/mol. The summed E-state index contributed by atoms with van der Waals surface area (Å²) < 4.78 is 2.12. The first-order valence-corrected chi connectivity index (χ1v) is 6.98. The van der Waals surface area contributed by atoms with E-state index in [2.05, 4.69) is 4.99 Å². The quantitative estimate of drug-likeness (QED) is 0.602. The Kier molecular flexibility index (Phi) is 3.19. The fourth-order valence-corrected chi connectivity index (χ4v) is 3.16. The molecular formula is C13H11N3O3S. The minimum absolute atomic E-state index is 0.000195. The van der Waals surface area contributed by atoms with Crippen LogP contribution in [0, 0.1) is 10.1 Å². The minimum Gasteiger partial charge on any atom is -0.284 e. The van der Waals surface area contributed by atoms with Crippen molar-refractivity contribution >= 4 is 23.1 Å². The van der Waals surface area contributed by atoms with Crippen LogP contribution in [0.4, 0.5) is 5.69 Å². The van der Waals surface area contributed by atoms with Crippen molar-refractivity contribution in [2.75, 3.05) is 6.54 Å². The van der Waals surface area contributed by atoms with E-state index in [-0.39, 0.29) is 11.2 Å². The molecule has 1 aliphatic heterocycles. The van der Waals surface area contributed by atoms with Crippen LogP contribution in [0.15, 0.2) is 34.1 Å². The molecule has 2 heterocycles. The van der Waals surface area contributed by atoms with Crippen LogP contribution in [0.1, 0.15) is 12.0 Å². The van der Waals surface area contributed by atoms with Gasteiger partial charge in [0.05, 0.1) is 15.0 Å². The SMILES string of the molecule is O=c1/c(=C/c2ccccc2[N+](=O)[O-])sc2n1CCCN=2. The van der Waals surface area contributed by atoms with Crippen molar-refractivity contribution < 1.29 is 4.92 Å². The number of fused-ring (bicyclic) bond motifs is 1. The van der Waals surface area contributed by atoms with Crippen LogP contribution < -0.4 is 14.9 Å². The largest absolute Gasteiger partial charge is 0.284 e. The van der Waals surface area contributed by atoms with Gasteiger partial charge in [-0.15, -0.1) is 0 Å². The maximum absolute atomic E-state index is 12.2. The third-order valence-electron chi connectivity index (χ3n) is 3.10. The van der Waals surface area contributed by atoms with Crippen molar-refractivity contribution in [1.82, 2.24) is 4.57 Å². The van der Waals surface area contributed by atoms with Crippen molar-refractivity contribution in [1.29, 1.82) is 0 Å². The molecule has 1 aromatic carbocycles. The fraction of sp³-hybridized carbons (Fsp3) is 0.231. The number of hydrogen-bond acceptors (Lipinski definition) is 5. The summed E-state index contributed by atoms with van der Waals surface area (Å²) in [5.41, 5.74) is 0.320. The van der Waals surface area contributed by atoms with E-state index in [9.17, 15) is 14.9 Å². The standard InChI is InChI=1S/C13H11N3O3S/c17-12-11(20-13-14-6-3-7-15(12)13)8-9-4-1-2-5-10(9)16(18)19/h1-2,4-5,8H,3,6-7H2/b11-8-. The molecule has 102 valence electrons. The third kappa shape index (κ3) is 2.16. The topological polar surface area (TPSA) is 77.5 Å². The lowest BCUT2D eigenvalue weighted by atomic mass is 10.2. The second-order valence-electron chi connectivity index (χ2n) is 4.40. The van der Waals surface area contributed by atoms with Gasteiger partial charge in [-0.1, -0.05) is 23.5 Å². The van der Waals surface area contributed by atoms with Crippen molar-refractivity contribution in [3.8, 4) is 0 Å². The molecule has 2 aromatic rings. The van der Waals surface area contributed by atoms with Gasteiger partial charge in [0.2, 0.25) is 0 Å². The molecule has 0 saturated carbocycles. The van der Waals surface area contributed by atoms with Crippen LogP contribution >= 0.6 is 11.3 Å². The zero-order valence-corrected chi connectivity index (χ0v) is 11.3. The van der Waals surface area contributed by atoms with Gasteiger partial charge in [0.1, 0.15) is 0 Å². The third-order valence-corrected chi connectivity index (χ3v) is 4.14. The lowest BCUT2D eigenvalue weighted by Crippen LogP contribution is -2.33. The predicted molar refractivity (Wildman–Crippen MR) is 75.5 cm³/mol. The number of thiazole rings is 1. The van der Waals surface area contributed by atoms with Crippen LogP contribution in [0.3, 0.4) is 0 Å². The number of aromatic nitrogens is 1. The highest BCUT2D eigenvalue weighted by atomic mass is 32.1. The summed E-state index contributed by atoms with van der Waals surface area (Å²) in [6, 6.07) is 6.39. The second-order valence-corrected chi connectivity index (χ2v) is 5.41. The van der Waals surface area contributed by atoms with Crippen molar-refractivity contribution in [3.63, 3.8) is 0 Å². The van der Waals surface area contributed by atoms with E-state index in [1.54, 1.807) is 28.8 Å². The highest BCUT2D eigenvalue weighted by Crippen LogP contribution is 2.17. The van der Waals surface area contributed by atoms with Crippen molar-refractivity contribution in [2.45, 2.75) is 13.0 Å². The smallest absolute Gasteiger partial charge is 0.276 e. The average Bonchev–Trinajstić information content (AvgIpc) is 2.76. The van der Waals surface area contributed by atoms with E-state index < -0.39 is 4.92 Å². The fourth-order valence-electron chi connectivity index (χ4n) is 2.14. The van der Waals surface area contributed by atoms with E-state index >= 15 is 0 Å². The molecule has 20 heavy (non-hydrogen) atoms. The van der Waals surface area contributed by atoms with E-state index in [1.165, 1.54) is 17.4 Å². The highest BCUT2D eigenvalue weighted by Gasteiger charge is 2.12. The normalized spacial score (nSPS) is 14.7. The highest BCUT2D eigenvalue weighted by molar-refractivity contribution is 7.07. The Morgan fingerprint density at radius 3 is 2.95 bits per heavy atom. The van der Waals surface area contributed by atoms with Crippen LogP contribution in [0.2, 0.25) is 0 Å². The molecule has 0 aliphatic carbocycles. The molecule has 3 rings (SSSR count). The Bertz CT molecular complexity index is 850. The summed E-state index contributed by atoms with van der Waals surface area (Å²) in [7, 11) is 0. The van der Waals surface area contributed by atoms with Crippen LogP contribution in [-0.4, -0.2) is 16.0 Å². The number of nitro groups is 1. The van der Waals surface area contributed by atoms with Crippen molar-refractivity contribution in [2.24, 2.45) is 4.99 Å². The Balaban J connectivity index is 2.22. The minimum atomic E-state index is -0.443. The molecule has 0 fully saturated rings. The number of hydrogen-bond donors (Lipinski definition) is 0. The molecule has 0 N–H and O–H groups in total. The first kappa shape index (κ1) is 12.7. The summed E-state index contributed by atoms with van der Waals surface area (Å²) in [6.07, 6.45) is 2.43. The van der Waals surface area contributed by atoms with Crippen LogP contribution in [0.5, 0.6) is 0 Å². The molecule has 1 aromatic heterocycles. The summed E-state index contributed by atoms with van der Waals surface area (Å²) in [5.74, 6) is 0. The first-order valence-electron chi connectivity index (χ1n) is 6.16. The number of benzene rings is 1. The Labute approximate surface area is 117 Å². The maximum atomic E-state index is 12.2. The maximum Gasteiger partial charge on any atom is 0.276 e. The molecule has 1 aliphatic rings. The van der Waals surface area contributed by atoms with Gasteiger partial charge in [-0.05, 0) is 18.6 Å².